The Hall–Kier alpha value is -1.64. The molecule has 8 heteroatoms. The maximum Gasteiger partial charge on any atom is 0.315 e. The Morgan fingerprint density at radius 3 is 2.65 bits per heavy atom. The van der Waals surface area contributed by atoms with Crippen LogP contribution in [0.15, 0.2) is 12.2 Å². The van der Waals surface area contributed by atoms with Crippen molar-refractivity contribution in [2.45, 2.75) is 57.4 Å². The monoisotopic (exact) mass is 368 g/mol. The van der Waals surface area contributed by atoms with Crippen molar-refractivity contribution in [3.8, 4) is 0 Å². The van der Waals surface area contributed by atoms with Crippen molar-refractivity contribution < 1.29 is 19.4 Å². The zero-order chi connectivity index (χ0) is 18.9. The lowest BCUT2D eigenvalue weighted by atomic mass is 10.0. The zero-order valence-corrected chi connectivity index (χ0v) is 15.7. The van der Waals surface area contributed by atoms with Crippen LogP contribution in [0, 0.1) is 0 Å². The van der Waals surface area contributed by atoms with Crippen LogP contribution in [0.5, 0.6) is 0 Å². The summed E-state index contributed by atoms with van der Waals surface area (Å²) >= 11 is 0. The SMILES string of the molecule is CC(C)NC(=O)N[C@H]1C=C[C@@H](CC(=O)NCCN2CCCC2)O[C@@H]1CO. The molecular formula is C18H32N4O4. The number of rotatable bonds is 8. The summed E-state index contributed by atoms with van der Waals surface area (Å²) in [6, 6.07) is -0.712. The molecule has 0 aromatic carbocycles. The first-order chi connectivity index (χ1) is 12.5. The van der Waals surface area contributed by atoms with Gasteiger partial charge in [-0.05, 0) is 39.8 Å². The summed E-state index contributed by atoms with van der Waals surface area (Å²) in [6.07, 6.45) is 5.27. The summed E-state index contributed by atoms with van der Waals surface area (Å²) in [4.78, 5) is 26.2. The fraction of sp³-hybridized carbons (Fsp3) is 0.778. The van der Waals surface area contributed by atoms with Crippen LogP contribution in [0.3, 0.4) is 0 Å². The molecule has 2 aliphatic heterocycles. The van der Waals surface area contributed by atoms with E-state index in [1.165, 1.54) is 12.8 Å². The first kappa shape index (κ1) is 20.7. The number of aliphatic hydroxyl groups is 1. The third-order valence-electron chi connectivity index (χ3n) is 4.52. The number of nitrogens with one attached hydrogen (secondary N) is 3. The van der Waals surface area contributed by atoms with E-state index < -0.39 is 18.2 Å². The van der Waals surface area contributed by atoms with Crippen LogP contribution in [-0.4, -0.2) is 79.0 Å². The quantitative estimate of drug-likeness (QED) is 0.451. The van der Waals surface area contributed by atoms with Gasteiger partial charge in [-0.3, -0.25) is 4.79 Å². The summed E-state index contributed by atoms with van der Waals surface area (Å²) in [7, 11) is 0. The van der Waals surface area contributed by atoms with Gasteiger partial charge in [-0.1, -0.05) is 12.2 Å². The summed E-state index contributed by atoms with van der Waals surface area (Å²) in [6.45, 7) is 7.25. The summed E-state index contributed by atoms with van der Waals surface area (Å²) in [5.41, 5.74) is 0. The Labute approximate surface area is 155 Å². The van der Waals surface area contributed by atoms with Gasteiger partial charge in [-0.25, -0.2) is 4.79 Å². The van der Waals surface area contributed by atoms with Crippen LogP contribution in [0.2, 0.25) is 0 Å². The van der Waals surface area contributed by atoms with Gasteiger partial charge in [0, 0.05) is 19.1 Å². The molecule has 3 atom stereocenters. The van der Waals surface area contributed by atoms with Crippen LogP contribution < -0.4 is 16.0 Å². The van der Waals surface area contributed by atoms with Gasteiger partial charge in [-0.15, -0.1) is 0 Å². The lowest BCUT2D eigenvalue weighted by Crippen LogP contribution is -2.52. The van der Waals surface area contributed by atoms with Gasteiger partial charge in [0.15, 0.2) is 0 Å². The molecule has 0 radical (unpaired) electrons. The number of carbonyl (C=O) groups is 2. The van der Waals surface area contributed by atoms with Gasteiger partial charge in [0.2, 0.25) is 5.91 Å². The highest BCUT2D eigenvalue weighted by molar-refractivity contribution is 5.77. The van der Waals surface area contributed by atoms with E-state index in [1.54, 1.807) is 12.2 Å². The average Bonchev–Trinajstić information content (AvgIpc) is 3.08. The molecule has 26 heavy (non-hydrogen) atoms. The summed E-state index contributed by atoms with van der Waals surface area (Å²) in [5, 5.41) is 17.9. The van der Waals surface area contributed by atoms with E-state index in [-0.39, 0.29) is 31.0 Å². The molecule has 0 unspecified atom stereocenters. The van der Waals surface area contributed by atoms with Gasteiger partial charge in [-0.2, -0.15) is 0 Å². The minimum atomic E-state index is -0.569. The lowest BCUT2D eigenvalue weighted by molar-refractivity contribution is -0.125. The Balaban J connectivity index is 1.73. The number of ether oxygens (including phenoxy) is 1. The van der Waals surface area contributed by atoms with Crippen molar-refractivity contribution in [1.82, 2.24) is 20.9 Å². The molecule has 0 bridgehead atoms. The molecule has 4 N–H and O–H groups in total. The van der Waals surface area contributed by atoms with E-state index >= 15 is 0 Å². The van der Waals surface area contributed by atoms with E-state index in [4.69, 9.17) is 4.74 Å². The van der Waals surface area contributed by atoms with Gasteiger partial charge >= 0.3 is 6.03 Å². The third-order valence-corrected chi connectivity index (χ3v) is 4.52. The number of likely N-dealkylation sites (tertiary alicyclic amines) is 1. The normalized spacial score (nSPS) is 26.1. The third kappa shape index (κ3) is 6.93. The van der Waals surface area contributed by atoms with Crippen LogP contribution in [0.1, 0.15) is 33.1 Å². The predicted molar refractivity (Wildman–Crippen MR) is 98.8 cm³/mol. The maximum atomic E-state index is 12.1. The maximum absolute atomic E-state index is 12.1. The van der Waals surface area contributed by atoms with Gasteiger partial charge < -0.3 is 30.7 Å². The smallest absolute Gasteiger partial charge is 0.315 e. The minimum absolute atomic E-state index is 0.0214. The summed E-state index contributed by atoms with van der Waals surface area (Å²) in [5.74, 6) is -0.0699. The summed E-state index contributed by atoms with van der Waals surface area (Å²) < 4.78 is 5.75. The van der Waals surface area contributed by atoms with Crippen molar-refractivity contribution >= 4 is 11.9 Å². The van der Waals surface area contributed by atoms with Gasteiger partial charge in [0.05, 0.1) is 25.2 Å². The van der Waals surface area contributed by atoms with E-state index in [2.05, 4.69) is 20.9 Å². The number of carbonyl (C=O) groups excluding carboxylic acids is 2. The molecule has 8 nitrogen and oxygen atoms in total. The van der Waals surface area contributed by atoms with Crippen LogP contribution in [0.4, 0.5) is 4.79 Å². The molecule has 0 aromatic rings. The highest BCUT2D eigenvalue weighted by atomic mass is 16.5. The Kier molecular flexibility index (Phi) is 8.34. The molecular weight excluding hydrogens is 336 g/mol. The minimum Gasteiger partial charge on any atom is -0.394 e. The fourth-order valence-electron chi connectivity index (χ4n) is 3.21. The standard InChI is InChI=1S/C18H32N4O4/c1-13(2)20-18(25)21-15-6-5-14(26-16(15)12-23)11-17(24)19-7-10-22-8-3-4-9-22/h5-6,13-16,23H,3-4,7-12H2,1-2H3,(H,19,24)(H2,20,21,25)/t14-,15-,16+/m0/s1. The van der Waals surface area contributed by atoms with E-state index in [0.29, 0.717) is 6.54 Å². The lowest BCUT2D eigenvalue weighted by Gasteiger charge is -2.31. The number of hydrogen-bond donors (Lipinski definition) is 4. The Morgan fingerprint density at radius 1 is 1.27 bits per heavy atom. The van der Waals surface area contributed by atoms with Crippen LogP contribution in [0.25, 0.3) is 0 Å². The van der Waals surface area contributed by atoms with Gasteiger partial charge in [0.25, 0.3) is 0 Å². The first-order valence-electron chi connectivity index (χ1n) is 9.48. The second kappa shape index (κ2) is 10.5. The second-order valence-corrected chi connectivity index (χ2v) is 7.18. The first-order valence-corrected chi connectivity index (χ1v) is 9.48. The van der Waals surface area contributed by atoms with Crippen molar-refractivity contribution in [1.29, 1.82) is 0 Å². The number of aliphatic hydroxyl groups excluding tert-OH is 1. The van der Waals surface area contributed by atoms with Crippen LogP contribution >= 0.6 is 0 Å². The molecule has 1 saturated heterocycles. The van der Waals surface area contributed by atoms with E-state index in [0.717, 1.165) is 19.6 Å². The molecule has 3 amide bonds. The molecule has 1 fully saturated rings. The van der Waals surface area contributed by atoms with E-state index in [9.17, 15) is 14.7 Å². The molecule has 2 heterocycles. The topological polar surface area (TPSA) is 103 Å². The molecule has 0 aliphatic carbocycles. The van der Waals surface area contributed by atoms with Crippen LogP contribution in [-0.2, 0) is 9.53 Å². The fourth-order valence-corrected chi connectivity index (χ4v) is 3.21. The average molecular weight is 368 g/mol. The largest absolute Gasteiger partial charge is 0.394 e. The number of nitrogens with zero attached hydrogens (tertiary/aromatic N) is 1. The van der Waals surface area contributed by atoms with Gasteiger partial charge in [0.1, 0.15) is 6.10 Å². The van der Waals surface area contributed by atoms with Crippen molar-refractivity contribution in [2.75, 3.05) is 32.8 Å². The van der Waals surface area contributed by atoms with Crippen molar-refractivity contribution in [2.24, 2.45) is 0 Å². The highest BCUT2D eigenvalue weighted by Crippen LogP contribution is 2.15. The number of amides is 3. The molecule has 148 valence electrons. The molecule has 2 rings (SSSR count). The van der Waals surface area contributed by atoms with E-state index in [1.807, 2.05) is 13.8 Å². The van der Waals surface area contributed by atoms with Crippen molar-refractivity contribution in [3.63, 3.8) is 0 Å². The Bertz CT molecular complexity index is 492. The zero-order valence-electron chi connectivity index (χ0n) is 15.7. The number of hydrogen-bond acceptors (Lipinski definition) is 5. The highest BCUT2D eigenvalue weighted by Gasteiger charge is 2.29. The molecule has 0 saturated carbocycles. The van der Waals surface area contributed by atoms with Crippen molar-refractivity contribution in [3.05, 3.63) is 12.2 Å². The predicted octanol–water partition coefficient (Wildman–Crippen LogP) is -0.0194. The molecule has 0 spiro atoms. The molecule has 2 aliphatic rings. The number of urea groups is 1. The Morgan fingerprint density at radius 2 is 2.00 bits per heavy atom. The second-order valence-electron chi connectivity index (χ2n) is 7.18. The molecule has 0 aromatic heterocycles.